The van der Waals surface area contributed by atoms with Gasteiger partial charge in [0.15, 0.2) is 0 Å². The Hall–Kier alpha value is -1.92. The number of fused-ring (bicyclic) bond motifs is 1. The van der Waals surface area contributed by atoms with Crippen molar-refractivity contribution in [2.45, 2.75) is 82.3 Å². The van der Waals surface area contributed by atoms with Crippen LogP contribution in [0.2, 0.25) is 0 Å². The van der Waals surface area contributed by atoms with Crippen molar-refractivity contribution in [2.24, 2.45) is 11.3 Å². The second kappa shape index (κ2) is 9.52. The van der Waals surface area contributed by atoms with Gasteiger partial charge in [-0.15, -0.1) is 0 Å². The van der Waals surface area contributed by atoms with Gasteiger partial charge in [0.05, 0.1) is 12.1 Å². The van der Waals surface area contributed by atoms with Crippen molar-refractivity contribution >= 4 is 11.8 Å². The molecule has 2 amide bonds. The molecule has 174 valence electrons. The average Bonchev–Trinajstić information content (AvgIpc) is 3.43. The monoisotopic (exact) mass is 438 g/mol. The summed E-state index contributed by atoms with van der Waals surface area (Å²) in [5, 5.41) is 13.4. The lowest BCUT2D eigenvalue weighted by Gasteiger charge is -2.33. The van der Waals surface area contributed by atoms with E-state index in [9.17, 15) is 9.59 Å². The maximum Gasteiger partial charge on any atom is 0.243 e. The lowest BCUT2D eigenvalue weighted by molar-refractivity contribution is -0.132. The summed E-state index contributed by atoms with van der Waals surface area (Å²) in [6.07, 6.45) is 10.6. The Labute approximate surface area is 191 Å². The normalized spacial score (nSPS) is 28.2. The smallest absolute Gasteiger partial charge is 0.243 e. The minimum Gasteiger partial charge on any atom is -0.347 e. The van der Waals surface area contributed by atoms with Gasteiger partial charge in [0.25, 0.3) is 0 Å². The summed E-state index contributed by atoms with van der Waals surface area (Å²) in [6.45, 7) is 2.98. The van der Waals surface area contributed by atoms with E-state index in [1.807, 2.05) is 6.07 Å². The van der Waals surface area contributed by atoms with Crippen LogP contribution in [0, 0.1) is 11.3 Å². The molecule has 2 aliphatic heterocycles. The molecule has 3 atom stereocenters. The number of piperidine rings is 1. The molecule has 1 unspecified atom stereocenters. The summed E-state index contributed by atoms with van der Waals surface area (Å²) < 4.78 is 0. The minimum atomic E-state index is -0.429. The molecule has 1 aromatic rings. The number of hydrogen-bond donors (Lipinski definition) is 4. The van der Waals surface area contributed by atoms with Crippen LogP contribution < -0.4 is 21.3 Å². The quantitative estimate of drug-likeness (QED) is 0.570. The van der Waals surface area contributed by atoms with Crippen LogP contribution in [0.4, 0.5) is 0 Å². The Morgan fingerprint density at radius 3 is 2.62 bits per heavy atom. The van der Waals surface area contributed by atoms with Crippen molar-refractivity contribution in [3.63, 3.8) is 0 Å². The molecule has 6 heteroatoms. The van der Waals surface area contributed by atoms with Gasteiger partial charge in [-0.1, -0.05) is 43.5 Å². The molecule has 2 aliphatic carbocycles. The van der Waals surface area contributed by atoms with Gasteiger partial charge in [-0.3, -0.25) is 9.59 Å². The highest BCUT2D eigenvalue weighted by Gasteiger charge is 2.43. The topological polar surface area (TPSA) is 82.3 Å². The van der Waals surface area contributed by atoms with Gasteiger partial charge in [-0.05, 0) is 80.5 Å². The van der Waals surface area contributed by atoms with Gasteiger partial charge < -0.3 is 21.3 Å². The maximum absolute atomic E-state index is 13.5. The molecule has 2 heterocycles. The summed E-state index contributed by atoms with van der Waals surface area (Å²) in [7, 11) is 0. The van der Waals surface area contributed by atoms with Crippen LogP contribution in [-0.2, 0) is 16.0 Å². The Kier molecular flexibility index (Phi) is 6.51. The number of hydrogen-bond acceptors (Lipinski definition) is 4. The number of benzene rings is 1. The first kappa shape index (κ1) is 21.9. The van der Waals surface area contributed by atoms with Crippen molar-refractivity contribution in [3.05, 3.63) is 35.4 Å². The first-order valence-corrected chi connectivity index (χ1v) is 12.8. The summed E-state index contributed by atoms with van der Waals surface area (Å²) in [5.74, 6) is 0.248. The molecule has 0 radical (unpaired) electrons. The molecule has 0 aromatic heterocycles. The second-order valence-electron chi connectivity index (χ2n) is 10.6. The third kappa shape index (κ3) is 4.58. The van der Waals surface area contributed by atoms with E-state index in [1.165, 1.54) is 17.5 Å². The standard InChI is InChI=1S/C26H38N4O2/c31-24(22-16-26(17-28-22)12-14-27-15-13-26)30-23(19-7-2-1-3-8-19)25(32)29-21-11-10-18-6-4-5-9-20(18)21/h4-6,9,19,21-23,27-28H,1-3,7-8,10-17H2,(H,29,32)(H,30,31)/t21-,22?,23+/m1/s1. The number of carbonyl (C=O) groups is 2. The van der Waals surface area contributed by atoms with Gasteiger partial charge >= 0.3 is 0 Å². The van der Waals surface area contributed by atoms with Crippen LogP contribution in [0.25, 0.3) is 0 Å². The third-order valence-electron chi connectivity index (χ3n) is 8.49. The molecule has 4 aliphatic rings. The van der Waals surface area contributed by atoms with Crippen LogP contribution in [0.1, 0.15) is 75.0 Å². The van der Waals surface area contributed by atoms with Crippen LogP contribution >= 0.6 is 0 Å². The SMILES string of the molecule is O=C(N[C@H](C(=O)N[C@@H]1CCc2ccccc21)C1CCCCC1)C1CC2(CCNCC2)CN1. The Balaban J connectivity index is 1.26. The van der Waals surface area contributed by atoms with E-state index >= 15 is 0 Å². The lowest BCUT2D eigenvalue weighted by atomic mass is 9.77. The summed E-state index contributed by atoms with van der Waals surface area (Å²) in [5.41, 5.74) is 2.81. The van der Waals surface area contributed by atoms with Crippen molar-refractivity contribution < 1.29 is 9.59 Å². The molecule has 3 fully saturated rings. The first-order valence-electron chi connectivity index (χ1n) is 12.8. The molecular formula is C26H38N4O2. The largest absolute Gasteiger partial charge is 0.347 e. The van der Waals surface area contributed by atoms with Gasteiger partial charge in [-0.2, -0.15) is 0 Å². The van der Waals surface area contributed by atoms with E-state index < -0.39 is 6.04 Å². The molecule has 0 bridgehead atoms. The van der Waals surface area contributed by atoms with E-state index in [-0.39, 0.29) is 35.2 Å². The number of rotatable bonds is 5. The number of amides is 2. The van der Waals surface area contributed by atoms with Crippen molar-refractivity contribution in [2.75, 3.05) is 19.6 Å². The van der Waals surface area contributed by atoms with E-state index in [1.54, 1.807) is 0 Å². The first-order chi connectivity index (χ1) is 15.6. The van der Waals surface area contributed by atoms with Crippen LogP contribution in [-0.4, -0.2) is 43.5 Å². The lowest BCUT2D eigenvalue weighted by Crippen LogP contribution is -2.55. The van der Waals surface area contributed by atoms with Gasteiger partial charge in [0.2, 0.25) is 11.8 Å². The molecule has 4 N–H and O–H groups in total. The van der Waals surface area contributed by atoms with Crippen molar-refractivity contribution in [3.8, 4) is 0 Å². The summed E-state index contributed by atoms with van der Waals surface area (Å²) in [6, 6.07) is 7.85. The van der Waals surface area contributed by atoms with Crippen molar-refractivity contribution in [1.29, 1.82) is 0 Å². The Morgan fingerprint density at radius 2 is 1.81 bits per heavy atom. The van der Waals surface area contributed by atoms with Crippen LogP contribution in [0.3, 0.4) is 0 Å². The highest BCUT2D eigenvalue weighted by molar-refractivity contribution is 5.90. The average molecular weight is 439 g/mol. The summed E-state index contributed by atoms with van der Waals surface area (Å²) in [4.78, 5) is 26.8. The fourth-order valence-electron chi connectivity index (χ4n) is 6.53. The van der Waals surface area contributed by atoms with Gasteiger partial charge in [-0.25, -0.2) is 0 Å². The van der Waals surface area contributed by atoms with E-state index in [4.69, 9.17) is 0 Å². The van der Waals surface area contributed by atoms with Gasteiger partial charge in [0, 0.05) is 6.54 Å². The fraction of sp³-hybridized carbons (Fsp3) is 0.692. The molecular weight excluding hydrogens is 400 g/mol. The van der Waals surface area contributed by atoms with Crippen LogP contribution in [0.15, 0.2) is 24.3 Å². The van der Waals surface area contributed by atoms with Crippen molar-refractivity contribution in [1.82, 2.24) is 21.3 Å². The number of nitrogens with one attached hydrogen (secondary N) is 4. The molecule has 6 nitrogen and oxygen atoms in total. The zero-order valence-corrected chi connectivity index (χ0v) is 19.1. The second-order valence-corrected chi connectivity index (χ2v) is 10.6. The zero-order valence-electron chi connectivity index (χ0n) is 19.1. The zero-order chi connectivity index (χ0) is 22.0. The van der Waals surface area contributed by atoms with E-state index in [0.29, 0.717) is 0 Å². The fourth-order valence-corrected chi connectivity index (χ4v) is 6.53. The molecule has 32 heavy (non-hydrogen) atoms. The predicted octanol–water partition coefficient (Wildman–Crippen LogP) is 2.59. The summed E-state index contributed by atoms with van der Waals surface area (Å²) >= 11 is 0. The maximum atomic E-state index is 13.5. The van der Waals surface area contributed by atoms with E-state index in [0.717, 1.165) is 77.4 Å². The Bertz CT molecular complexity index is 829. The number of carbonyl (C=O) groups excluding carboxylic acids is 2. The minimum absolute atomic E-state index is 0.00142. The predicted molar refractivity (Wildman–Crippen MR) is 125 cm³/mol. The third-order valence-corrected chi connectivity index (χ3v) is 8.49. The molecule has 2 saturated heterocycles. The number of aryl methyl sites for hydroxylation is 1. The molecule has 1 spiro atoms. The Morgan fingerprint density at radius 1 is 1.03 bits per heavy atom. The highest BCUT2D eigenvalue weighted by atomic mass is 16.2. The molecule has 1 saturated carbocycles. The van der Waals surface area contributed by atoms with E-state index in [2.05, 4.69) is 39.5 Å². The highest BCUT2D eigenvalue weighted by Crippen LogP contribution is 2.38. The van der Waals surface area contributed by atoms with Crippen LogP contribution in [0.5, 0.6) is 0 Å². The van der Waals surface area contributed by atoms with Gasteiger partial charge in [0.1, 0.15) is 6.04 Å². The molecule has 5 rings (SSSR count). The molecule has 1 aromatic carbocycles.